The average Bonchev–Trinajstić information content (AvgIpc) is 3.23. The molecule has 6 nitrogen and oxygen atoms in total. The average molecular weight is 509 g/mol. The lowest BCUT2D eigenvalue weighted by molar-refractivity contribution is -0.198. The lowest BCUT2D eigenvalue weighted by atomic mass is 9.48. The summed E-state index contributed by atoms with van der Waals surface area (Å²) in [5.41, 5.74) is 0.496. The number of nitrogens with zero attached hydrogens (tertiary/aromatic N) is 2. The molecule has 2 aliphatic carbocycles. The van der Waals surface area contributed by atoms with Crippen molar-refractivity contribution in [1.29, 1.82) is 0 Å². The Bertz CT molecular complexity index is 1330. The number of carbonyl (C=O) groups is 1. The molecule has 2 aliphatic heterocycles. The van der Waals surface area contributed by atoms with Gasteiger partial charge < -0.3 is 19.8 Å². The maximum atomic E-state index is 13.6. The molecule has 6 rings (SSSR count). The first-order valence-electron chi connectivity index (χ1n) is 12.7. The van der Waals surface area contributed by atoms with Gasteiger partial charge in [0.15, 0.2) is 23.1 Å². The fraction of sp³-hybridized carbons (Fsp3) is 0.414. The highest BCUT2D eigenvalue weighted by Crippen LogP contribution is 2.65. The molecule has 5 atom stereocenters. The van der Waals surface area contributed by atoms with E-state index in [2.05, 4.69) is 11.5 Å². The van der Waals surface area contributed by atoms with Crippen LogP contribution in [0.1, 0.15) is 36.0 Å². The van der Waals surface area contributed by atoms with E-state index in [-0.39, 0.29) is 23.7 Å². The van der Waals surface area contributed by atoms with Crippen LogP contribution in [0, 0.1) is 11.6 Å². The van der Waals surface area contributed by atoms with Crippen molar-refractivity contribution in [2.45, 2.75) is 54.9 Å². The third-order valence-electron chi connectivity index (χ3n) is 9.11. The zero-order valence-corrected chi connectivity index (χ0v) is 20.7. The van der Waals surface area contributed by atoms with Crippen LogP contribution >= 0.6 is 0 Å². The van der Waals surface area contributed by atoms with E-state index in [1.807, 2.05) is 12.1 Å². The first-order chi connectivity index (χ1) is 17.7. The third-order valence-corrected chi connectivity index (χ3v) is 9.11. The molecule has 0 aromatic heterocycles. The fourth-order valence-electron chi connectivity index (χ4n) is 7.45. The van der Waals surface area contributed by atoms with Gasteiger partial charge in [0.05, 0.1) is 17.1 Å². The van der Waals surface area contributed by atoms with Gasteiger partial charge in [-0.15, -0.1) is 6.58 Å². The minimum Gasteiger partial charge on any atom is -0.504 e. The van der Waals surface area contributed by atoms with E-state index >= 15 is 0 Å². The molecule has 8 heteroatoms. The van der Waals surface area contributed by atoms with E-state index in [1.54, 1.807) is 18.0 Å². The largest absolute Gasteiger partial charge is 0.504 e. The van der Waals surface area contributed by atoms with E-state index in [0.717, 1.165) is 29.8 Å². The molecule has 194 valence electrons. The molecule has 1 amide bonds. The zero-order valence-electron chi connectivity index (χ0n) is 20.7. The van der Waals surface area contributed by atoms with Crippen LogP contribution in [0.15, 0.2) is 49.1 Å². The molecule has 0 radical (unpaired) electrons. The Morgan fingerprint density at radius 3 is 2.84 bits per heavy atom. The van der Waals surface area contributed by atoms with Crippen LogP contribution in [-0.4, -0.2) is 69.8 Å². The number of carbonyl (C=O) groups excluding carboxylic acids is 1. The standard InChI is InChI=1S/C29H30F2N2O4/c1-3-13-33-14-12-28-25-18-6-8-22(34)26(25)37-27(28)21(10-11-29(28,36)23(33)16-18)32(2)24(35)9-5-17-4-7-19(30)20(31)15-17/h3-9,15,21,23,27,34,36H,1,10-14,16H2,2H3/t21-,23+,27-,28-,29+/m0/s1. The van der Waals surface area contributed by atoms with Crippen LogP contribution < -0.4 is 4.74 Å². The van der Waals surface area contributed by atoms with Crippen molar-refractivity contribution in [1.82, 2.24) is 9.80 Å². The normalized spacial score (nSPS) is 31.6. The van der Waals surface area contributed by atoms with E-state index in [4.69, 9.17) is 4.74 Å². The second-order valence-corrected chi connectivity index (χ2v) is 10.7. The molecular weight excluding hydrogens is 478 g/mol. The Morgan fingerprint density at radius 1 is 1.27 bits per heavy atom. The van der Waals surface area contributed by atoms with Crippen molar-refractivity contribution in [2.24, 2.45) is 0 Å². The van der Waals surface area contributed by atoms with Gasteiger partial charge in [-0.3, -0.25) is 9.69 Å². The van der Waals surface area contributed by atoms with Gasteiger partial charge in [0.25, 0.3) is 0 Å². The van der Waals surface area contributed by atoms with Crippen molar-refractivity contribution in [3.63, 3.8) is 0 Å². The minimum absolute atomic E-state index is 0.0443. The molecule has 2 heterocycles. The maximum absolute atomic E-state index is 13.6. The monoisotopic (exact) mass is 508 g/mol. The first-order valence-corrected chi connectivity index (χ1v) is 12.7. The minimum atomic E-state index is -1.08. The molecule has 0 unspecified atom stereocenters. The molecule has 2 aromatic rings. The summed E-state index contributed by atoms with van der Waals surface area (Å²) in [6.07, 6.45) is 6.41. The topological polar surface area (TPSA) is 73.2 Å². The molecule has 1 saturated carbocycles. The molecule has 1 spiro atoms. The number of phenols is 1. The van der Waals surface area contributed by atoms with Gasteiger partial charge in [-0.05, 0) is 67.6 Å². The number of aromatic hydroxyl groups is 1. The van der Waals surface area contributed by atoms with Crippen molar-refractivity contribution in [2.75, 3.05) is 20.1 Å². The molecule has 1 saturated heterocycles. The van der Waals surface area contributed by atoms with E-state index in [1.165, 1.54) is 18.2 Å². The number of benzene rings is 2. The van der Waals surface area contributed by atoms with Crippen molar-refractivity contribution in [3.8, 4) is 11.5 Å². The summed E-state index contributed by atoms with van der Waals surface area (Å²) in [6.45, 7) is 5.31. The predicted molar refractivity (Wildman–Crippen MR) is 134 cm³/mol. The van der Waals surface area contributed by atoms with Gasteiger partial charge >= 0.3 is 0 Å². The van der Waals surface area contributed by atoms with Crippen LogP contribution in [-0.2, 0) is 16.6 Å². The third kappa shape index (κ3) is 3.25. The number of likely N-dealkylation sites (N-methyl/N-ethyl adjacent to an activating group) is 1. The number of likely N-dealkylation sites (tertiary alicyclic amines) is 1. The predicted octanol–water partition coefficient (Wildman–Crippen LogP) is 3.55. The highest BCUT2D eigenvalue weighted by Gasteiger charge is 2.73. The van der Waals surface area contributed by atoms with Crippen LogP contribution in [0.25, 0.3) is 6.08 Å². The summed E-state index contributed by atoms with van der Waals surface area (Å²) in [5, 5.41) is 23.2. The van der Waals surface area contributed by atoms with E-state index in [9.17, 15) is 23.8 Å². The lowest BCUT2D eigenvalue weighted by Crippen LogP contribution is -2.78. The van der Waals surface area contributed by atoms with Crippen molar-refractivity contribution < 1.29 is 28.5 Å². The van der Waals surface area contributed by atoms with Gasteiger partial charge in [-0.25, -0.2) is 8.78 Å². The molecule has 2 N–H and O–H groups in total. The van der Waals surface area contributed by atoms with Gasteiger partial charge in [-0.2, -0.15) is 0 Å². The molecule has 2 fully saturated rings. The van der Waals surface area contributed by atoms with Crippen LogP contribution in [0.3, 0.4) is 0 Å². The second kappa shape index (κ2) is 8.39. The molecule has 2 bridgehead atoms. The molecule has 4 aliphatic rings. The van der Waals surface area contributed by atoms with Crippen molar-refractivity contribution >= 4 is 12.0 Å². The Hall–Kier alpha value is -3.23. The van der Waals surface area contributed by atoms with Crippen molar-refractivity contribution in [3.05, 3.63) is 77.4 Å². The number of rotatable bonds is 5. The van der Waals surface area contributed by atoms with Crippen LogP contribution in [0.5, 0.6) is 11.5 Å². The number of piperidine rings is 1. The molecular formula is C29H30F2N2O4. The summed E-state index contributed by atoms with van der Waals surface area (Å²) >= 11 is 0. The van der Waals surface area contributed by atoms with Crippen LogP contribution in [0.4, 0.5) is 8.78 Å². The maximum Gasteiger partial charge on any atom is 0.246 e. The Labute approximate surface area is 214 Å². The van der Waals surface area contributed by atoms with E-state index < -0.39 is 28.8 Å². The first kappa shape index (κ1) is 24.1. The number of ether oxygens (including phenoxy) is 1. The van der Waals surface area contributed by atoms with Gasteiger partial charge in [0.2, 0.25) is 5.91 Å². The Morgan fingerprint density at radius 2 is 2.08 bits per heavy atom. The van der Waals surface area contributed by atoms with Gasteiger partial charge in [0.1, 0.15) is 6.10 Å². The quantitative estimate of drug-likeness (QED) is 0.478. The molecule has 37 heavy (non-hydrogen) atoms. The smallest absolute Gasteiger partial charge is 0.246 e. The summed E-state index contributed by atoms with van der Waals surface area (Å²) in [4.78, 5) is 17.1. The molecule has 2 aromatic carbocycles. The number of halogens is 2. The highest BCUT2D eigenvalue weighted by molar-refractivity contribution is 5.92. The SMILES string of the molecule is C=CCN1CC[C@]23c4c5ccc(O)c4O[C@H]2[C@@H](N(C)C(=O)C=Cc2ccc(F)c(F)c2)CC[C@@]3(O)[C@H]1C5. The lowest BCUT2D eigenvalue weighted by Gasteiger charge is -2.64. The number of amides is 1. The summed E-state index contributed by atoms with van der Waals surface area (Å²) in [5.74, 6) is -1.77. The highest BCUT2D eigenvalue weighted by atomic mass is 19.2. The summed E-state index contributed by atoms with van der Waals surface area (Å²) in [6, 6.07) is 6.57. The second-order valence-electron chi connectivity index (χ2n) is 10.7. The van der Waals surface area contributed by atoms with Gasteiger partial charge in [-0.1, -0.05) is 18.2 Å². The van der Waals surface area contributed by atoms with Crippen LogP contribution in [0.2, 0.25) is 0 Å². The zero-order chi connectivity index (χ0) is 26.1. The van der Waals surface area contributed by atoms with Gasteiger partial charge in [0, 0.05) is 31.3 Å². The number of hydrogen-bond donors (Lipinski definition) is 2. The summed E-state index contributed by atoms with van der Waals surface area (Å²) in [7, 11) is 1.70. The summed E-state index contributed by atoms with van der Waals surface area (Å²) < 4.78 is 33.3. The fourth-order valence-corrected chi connectivity index (χ4v) is 7.45. The number of aliphatic hydroxyl groups is 1. The number of phenolic OH excluding ortho intramolecular Hbond substituents is 1. The Balaban J connectivity index is 1.36. The Kier molecular flexibility index (Phi) is 5.47. The number of hydrogen-bond acceptors (Lipinski definition) is 5. The van der Waals surface area contributed by atoms with E-state index in [0.29, 0.717) is 43.5 Å².